The lowest BCUT2D eigenvalue weighted by atomic mass is 10.1. The summed E-state index contributed by atoms with van der Waals surface area (Å²) in [7, 11) is 0. The second-order valence-electron chi connectivity index (χ2n) is 8.58. The van der Waals surface area contributed by atoms with Crippen LogP contribution in [-0.2, 0) is 6.42 Å². The van der Waals surface area contributed by atoms with E-state index in [1.165, 1.54) is 29.8 Å². The number of hydrogen-bond acceptors (Lipinski definition) is 3. The van der Waals surface area contributed by atoms with Gasteiger partial charge in [-0.05, 0) is 73.4 Å². The second kappa shape index (κ2) is 10.6. The molecule has 0 saturated heterocycles. The highest BCUT2D eigenvalue weighted by molar-refractivity contribution is 5.94. The minimum absolute atomic E-state index is 0.168. The van der Waals surface area contributed by atoms with Crippen LogP contribution in [0.25, 0.3) is 16.6 Å². The molecular formula is C29H30FN3O2. The van der Waals surface area contributed by atoms with Gasteiger partial charge in [0.15, 0.2) is 0 Å². The fraction of sp³-hybridized carbons (Fsp3) is 0.276. The van der Waals surface area contributed by atoms with E-state index in [1.807, 2.05) is 56.3 Å². The summed E-state index contributed by atoms with van der Waals surface area (Å²) in [4.78, 5) is 34.0. The Morgan fingerprint density at radius 2 is 1.66 bits per heavy atom. The van der Waals surface area contributed by atoms with Crippen molar-refractivity contribution in [3.8, 4) is 5.69 Å². The van der Waals surface area contributed by atoms with Crippen molar-refractivity contribution >= 4 is 16.8 Å². The highest BCUT2D eigenvalue weighted by atomic mass is 19.1. The van der Waals surface area contributed by atoms with Gasteiger partial charge < -0.3 is 4.90 Å². The van der Waals surface area contributed by atoms with Crippen LogP contribution in [0.1, 0.15) is 61.4 Å². The van der Waals surface area contributed by atoms with Gasteiger partial charge in [0.05, 0.1) is 22.6 Å². The van der Waals surface area contributed by atoms with Crippen LogP contribution < -0.4 is 5.56 Å². The summed E-state index contributed by atoms with van der Waals surface area (Å²) in [6, 6.07) is 20.3. The Kier molecular flexibility index (Phi) is 7.39. The molecule has 0 N–H and O–H groups in total. The van der Waals surface area contributed by atoms with E-state index in [2.05, 4.69) is 6.92 Å². The molecule has 0 bridgehead atoms. The first-order valence-electron chi connectivity index (χ1n) is 12.2. The number of hydrogen-bond donors (Lipinski definition) is 0. The van der Waals surface area contributed by atoms with Gasteiger partial charge in [-0.1, -0.05) is 45.0 Å². The van der Waals surface area contributed by atoms with Gasteiger partial charge in [-0.15, -0.1) is 0 Å². The van der Waals surface area contributed by atoms with E-state index in [1.54, 1.807) is 15.5 Å². The molecule has 0 aliphatic carbocycles. The fourth-order valence-electron chi connectivity index (χ4n) is 4.44. The largest absolute Gasteiger partial charge is 0.328 e. The molecule has 5 nitrogen and oxygen atoms in total. The zero-order chi connectivity index (χ0) is 24.9. The lowest BCUT2D eigenvalue weighted by Crippen LogP contribution is -2.39. The normalized spacial score (nSPS) is 12.0. The van der Waals surface area contributed by atoms with E-state index in [-0.39, 0.29) is 11.5 Å². The maximum Gasteiger partial charge on any atom is 0.266 e. The zero-order valence-corrected chi connectivity index (χ0v) is 20.4. The molecule has 1 unspecified atom stereocenters. The Labute approximate surface area is 204 Å². The fourth-order valence-corrected chi connectivity index (χ4v) is 4.44. The molecule has 4 rings (SSSR count). The van der Waals surface area contributed by atoms with Crippen LogP contribution >= 0.6 is 0 Å². The molecular weight excluding hydrogens is 441 g/mol. The number of carbonyl (C=O) groups is 1. The lowest BCUT2D eigenvalue weighted by Gasteiger charge is -2.32. The number of amides is 1. The minimum Gasteiger partial charge on any atom is -0.328 e. The lowest BCUT2D eigenvalue weighted by molar-refractivity contribution is 0.0659. The quantitative estimate of drug-likeness (QED) is 0.312. The van der Waals surface area contributed by atoms with Gasteiger partial charge in [0.1, 0.15) is 11.6 Å². The topological polar surface area (TPSA) is 55.2 Å². The van der Waals surface area contributed by atoms with Crippen molar-refractivity contribution in [2.75, 3.05) is 6.54 Å². The number of para-hydroxylation sites is 1. The summed E-state index contributed by atoms with van der Waals surface area (Å²) >= 11 is 0. The molecule has 0 spiro atoms. The molecule has 1 atom stereocenters. The molecule has 0 radical (unpaired) electrons. The third-order valence-corrected chi connectivity index (χ3v) is 6.28. The zero-order valence-electron chi connectivity index (χ0n) is 20.4. The summed E-state index contributed by atoms with van der Waals surface area (Å²) in [5.74, 6) is -0.0884. The third-order valence-electron chi connectivity index (χ3n) is 6.28. The number of rotatable bonds is 8. The van der Waals surface area contributed by atoms with Crippen molar-refractivity contribution in [1.82, 2.24) is 14.5 Å². The van der Waals surface area contributed by atoms with Crippen LogP contribution in [-0.4, -0.2) is 26.9 Å². The first kappa shape index (κ1) is 24.3. The standard InChI is InChI=1S/C29H30FN3O2/c1-4-19-32(28(34)21-13-15-22(30)16-14-21)26(6-3)27-31-25-10-8-7-9-24(25)29(35)33(27)23-17-11-20(5-2)12-18-23/h7-18,26H,4-6,19H2,1-3H3. The molecule has 6 heteroatoms. The van der Waals surface area contributed by atoms with Gasteiger partial charge in [0.25, 0.3) is 11.5 Å². The molecule has 1 amide bonds. The molecule has 0 saturated carbocycles. The summed E-state index contributed by atoms with van der Waals surface area (Å²) in [5.41, 5.74) is 2.71. The Balaban J connectivity index is 1.92. The van der Waals surface area contributed by atoms with Crippen LogP contribution in [0.4, 0.5) is 4.39 Å². The van der Waals surface area contributed by atoms with Gasteiger partial charge >= 0.3 is 0 Å². The molecule has 1 heterocycles. The van der Waals surface area contributed by atoms with E-state index < -0.39 is 11.9 Å². The third kappa shape index (κ3) is 4.87. The van der Waals surface area contributed by atoms with E-state index in [9.17, 15) is 14.0 Å². The van der Waals surface area contributed by atoms with Crippen LogP contribution in [0.2, 0.25) is 0 Å². The van der Waals surface area contributed by atoms with Crippen molar-refractivity contribution in [1.29, 1.82) is 0 Å². The van der Waals surface area contributed by atoms with Gasteiger partial charge in [-0.2, -0.15) is 0 Å². The minimum atomic E-state index is -0.448. The van der Waals surface area contributed by atoms with Gasteiger partial charge in [0.2, 0.25) is 0 Å². The second-order valence-corrected chi connectivity index (χ2v) is 8.58. The Morgan fingerprint density at radius 1 is 0.971 bits per heavy atom. The highest BCUT2D eigenvalue weighted by Crippen LogP contribution is 2.28. The van der Waals surface area contributed by atoms with E-state index in [0.717, 1.165) is 12.8 Å². The molecule has 0 aliphatic rings. The van der Waals surface area contributed by atoms with Gasteiger partial charge in [0, 0.05) is 12.1 Å². The van der Waals surface area contributed by atoms with Crippen LogP contribution in [0.5, 0.6) is 0 Å². The molecule has 35 heavy (non-hydrogen) atoms. The highest BCUT2D eigenvalue weighted by Gasteiger charge is 2.29. The Morgan fingerprint density at radius 3 is 2.29 bits per heavy atom. The number of halogens is 1. The molecule has 0 fully saturated rings. The average Bonchev–Trinajstić information content (AvgIpc) is 2.89. The number of carbonyl (C=O) groups excluding carboxylic acids is 1. The van der Waals surface area contributed by atoms with Crippen molar-refractivity contribution < 1.29 is 9.18 Å². The van der Waals surface area contributed by atoms with Crippen molar-refractivity contribution in [3.63, 3.8) is 0 Å². The van der Waals surface area contributed by atoms with Crippen LogP contribution in [0.3, 0.4) is 0 Å². The molecule has 180 valence electrons. The summed E-state index contributed by atoms with van der Waals surface area (Å²) < 4.78 is 15.1. The number of nitrogens with zero attached hydrogens (tertiary/aromatic N) is 3. The molecule has 3 aromatic carbocycles. The summed E-state index contributed by atoms with van der Waals surface area (Å²) in [5, 5.41) is 0.526. The van der Waals surface area contributed by atoms with Crippen LogP contribution in [0, 0.1) is 5.82 Å². The monoisotopic (exact) mass is 471 g/mol. The first-order valence-corrected chi connectivity index (χ1v) is 12.2. The number of benzene rings is 3. The Bertz CT molecular complexity index is 1380. The summed E-state index contributed by atoms with van der Waals surface area (Å²) in [6.45, 7) is 6.55. The predicted octanol–water partition coefficient (Wildman–Crippen LogP) is 6.09. The van der Waals surface area contributed by atoms with E-state index >= 15 is 0 Å². The predicted molar refractivity (Wildman–Crippen MR) is 137 cm³/mol. The number of aryl methyl sites for hydroxylation is 1. The molecule has 1 aromatic heterocycles. The number of aromatic nitrogens is 2. The molecule has 0 aliphatic heterocycles. The first-order chi connectivity index (χ1) is 17.0. The smallest absolute Gasteiger partial charge is 0.266 e. The van der Waals surface area contributed by atoms with Crippen LogP contribution in [0.15, 0.2) is 77.6 Å². The molecule has 4 aromatic rings. The number of fused-ring (bicyclic) bond motifs is 1. The maximum absolute atomic E-state index is 13.8. The van der Waals surface area contributed by atoms with E-state index in [4.69, 9.17) is 4.98 Å². The van der Waals surface area contributed by atoms with Gasteiger partial charge in [-0.3, -0.25) is 14.2 Å². The summed E-state index contributed by atoms with van der Waals surface area (Å²) in [6.07, 6.45) is 2.18. The Hall–Kier alpha value is -3.80. The average molecular weight is 472 g/mol. The van der Waals surface area contributed by atoms with Crippen molar-refractivity contribution in [3.05, 3.63) is 106 Å². The maximum atomic E-state index is 13.8. The van der Waals surface area contributed by atoms with Gasteiger partial charge in [-0.25, -0.2) is 9.37 Å². The van der Waals surface area contributed by atoms with E-state index in [0.29, 0.717) is 40.9 Å². The van der Waals surface area contributed by atoms with Crippen molar-refractivity contribution in [2.24, 2.45) is 0 Å². The SMILES string of the molecule is CCCN(C(=O)c1ccc(F)cc1)C(CC)c1nc2ccccc2c(=O)n1-c1ccc(CC)cc1. The van der Waals surface area contributed by atoms with Crippen molar-refractivity contribution in [2.45, 2.75) is 46.1 Å².